The molecule has 0 aromatic carbocycles. The molecule has 4 heteroatoms. The summed E-state index contributed by atoms with van der Waals surface area (Å²) >= 11 is 3.79. The predicted molar refractivity (Wildman–Crippen MR) is 78.8 cm³/mol. The lowest BCUT2D eigenvalue weighted by atomic mass is 10.1. The van der Waals surface area contributed by atoms with Crippen molar-refractivity contribution in [1.29, 1.82) is 0 Å². The van der Waals surface area contributed by atoms with E-state index in [0.717, 1.165) is 11.8 Å². The largest absolute Gasteiger partial charge is 0.329 e. The summed E-state index contributed by atoms with van der Waals surface area (Å²) < 4.78 is 0. The van der Waals surface area contributed by atoms with Crippen LogP contribution in [0.1, 0.15) is 30.9 Å². The summed E-state index contributed by atoms with van der Waals surface area (Å²) in [5, 5.41) is 5.25. The number of hydrogen-bond acceptors (Lipinski definition) is 4. The van der Waals surface area contributed by atoms with Gasteiger partial charge in [0.25, 0.3) is 0 Å². The summed E-state index contributed by atoms with van der Waals surface area (Å²) in [5.41, 5.74) is 7.37. The van der Waals surface area contributed by atoms with Gasteiger partial charge in [0.1, 0.15) is 0 Å². The molecule has 1 aromatic rings. The van der Waals surface area contributed by atoms with E-state index in [0.29, 0.717) is 6.04 Å². The fraction of sp³-hybridized carbons (Fsp3) is 0.692. The monoisotopic (exact) mass is 270 g/mol. The molecule has 1 aliphatic heterocycles. The molecule has 0 radical (unpaired) electrons. The molecular weight excluding hydrogens is 248 g/mol. The predicted octanol–water partition coefficient (Wildman–Crippen LogP) is 2.97. The number of hydrogen-bond donors (Lipinski definition) is 1. The third-order valence-electron chi connectivity index (χ3n) is 3.64. The van der Waals surface area contributed by atoms with Crippen LogP contribution in [0.4, 0.5) is 0 Å². The van der Waals surface area contributed by atoms with E-state index in [-0.39, 0.29) is 0 Å². The minimum absolute atomic E-state index is 0.432. The molecular formula is C13H22N2S2. The van der Waals surface area contributed by atoms with E-state index >= 15 is 0 Å². The molecule has 96 valence electrons. The van der Waals surface area contributed by atoms with E-state index < -0.39 is 0 Å². The molecule has 0 bridgehead atoms. The van der Waals surface area contributed by atoms with Gasteiger partial charge in [-0.1, -0.05) is 0 Å². The Morgan fingerprint density at radius 3 is 3.06 bits per heavy atom. The molecule has 2 nitrogen and oxygen atoms in total. The van der Waals surface area contributed by atoms with Crippen LogP contribution >= 0.6 is 23.1 Å². The first kappa shape index (κ1) is 13.4. The second-order valence-electron chi connectivity index (χ2n) is 4.63. The van der Waals surface area contributed by atoms with E-state index in [2.05, 4.69) is 28.0 Å². The van der Waals surface area contributed by atoms with Crippen molar-refractivity contribution in [1.82, 2.24) is 4.90 Å². The smallest absolute Gasteiger partial charge is 0.0478 e. The highest BCUT2D eigenvalue weighted by molar-refractivity contribution is 7.99. The van der Waals surface area contributed by atoms with Crippen LogP contribution in [0.25, 0.3) is 0 Å². The minimum atomic E-state index is 0.432. The van der Waals surface area contributed by atoms with Crippen LogP contribution < -0.4 is 5.73 Å². The molecule has 1 saturated heterocycles. The Balaban J connectivity index is 2.00. The van der Waals surface area contributed by atoms with E-state index in [9.17, 15) is 0 Å². The zero-order valence-corrected chi connectivity index (χ0v) is 12.1. The SMILES string of the molecule is CSC1CCCN(C(CN)c2ccsc2)CC1. The van der Waals surface area contributed by atoms with E-state index in [1.54, 1.807) is 11.3 Å². The lowest BCUT2D eigenvalue weighted by molar-refractivity contribution is 0.210. The second kappa shape index (κ2) is 6.78. The first-order chi connectivity index (χ1) is 8.35. The number of nitrogens with two attached hydrogens (primary N) is 1. The number of thioether (sulfide) groups is 1. The van der Waals surface area contributed by atoms with Gasteiger partial charge < -0.3 is 5.73 Å². The highest BCUT2D eigenvalue weighted by atomic mass is 32.2. The van der Waals surface area contributed by atoms with Gasteiger partial charge in [-0.25, -0.2) is 0 Å². The number of rotatable bonds is 4. The maximum absolute atomic E-state index is 5.97. The van der Waals surface area contributed by atoms with E-state index in [1.165, 1.54) is 37.9 Å². The zero-order valence-electron chi connectivity index (χ0n) is 10.5. The molecule has 2 atom stereocenters. The van der Waals surface area contributed by atoms with Crippen LogP contribution in [0.15, 0.2) is 16.8 Å². The Labute approximate surface area is 113 Å². The standard InChI is InChI=1S/C13H22N2S2/c1-16-12-3-2-6-15(7-4-12)13(9-14)11-5-8-17-10-11/h5,8,10,12-13H,2-4,6-7,9,14H2,1H3. The lowest BCUT2D eigenvalue weighted by Gasteiger charge is -2.29. The summed E-state index contributed by atoms with van der Waals surface area (Å²) in [7, 11) is 0. The van der Waals surface area contributed by atoms with Crippen molar-refractivity contribution < 1.29 is 0 Å². The van der Waals surface area contributed by atoms with Gasteiger partial charge in [-0.15, -0.1) is 0 Å². The first-order valence-corrected chi connectivity index (χ1v) is 8.57. The van der Waals surface area contributed by atoms with Crippen LogP contribution in [-0.4, -0.2) is 36.0 Å². The molecule has 0 aliphatic carbocycles. The van der Waals surface area contributed by atoms with Crippen molar-refractivity contribution in [3.05, 3.63) is 22.4 Å². The summed E-state index contributed by atoms with van der Waals surface area (Å²) in [6, 6.07) is 2.65. The van der Waals surface area contributed by atoms with Crippen LogP contribution in [0.5, 0.6) is 0 Å². The Morgan fingerprint density at radius 1 is 1.53 bits per heavy atom. The third kappa shape index (κ3) is 3.47. The second-order valence-corrected chi connectivity index (χ2v) is 6.55. The third-order valence-corrected chi connectivity index (χ3v) is 5.47. The zero-order chi connectivity index (χ0) is 12.1. The first-order valence-electron chi connectivity index (χ1n) is 6.34. The highest BCUT2D eigenvalue weighted by Gasteiger charge is 2.23. The van der Waals surface area contributed by atoms with E-state index in [1.807, 2.05) is 11.8 Å². The molecule has 1 fully saturated rings. The van der Waals surface area contributed by atoms with Crippen LogP contribution in [0.3, 0.4) is 0 Å². The van der Waals surface area contributed by atoms with Gasteiger partial charge >= 0.3 is 0 Å². The average molecular weight is 270 g/mol. The molecule has 2 unspecified atom stereocenters. The topological polar surface area (TPSA) is 29.3 Å². The summed E-state index contributed by atoms with van der Waals surface area (Å²) in [4.78, 5) is 2.58. The fourth-order valence-corrected chi connectivity index (χ4v) is 4.05. The summed E-state index contributed by atoms with van der Waals surface area (Å²) in [6.07, 6.45) is 6.21. The van der Waals surface area contributed by atoms with Gasteiger partial charge in [-0.3, -0.25) is 4.90 Å². The number of thiophene rings is 1. The molecule has 0 amide bonds. The molecule has 2 N–H and O–H groups in total. The lowest BCUT2D eigenvalue weighted by Crippen LogP contribution is -2.34. The Morgan fingerprint density at radius 2 is 2.41 bits per heavy atom. The van der Waals surface area contributed by atoms with Crippen LogP contribution in [-0.2, 0) is 0 Å². The summed E-state index contributed by atoms with van der Waals surface area (Å²) in [6.45, 7) is 3.14. The van der Waals surface area contributed by atoms with Gasteiger partial charge in [0, 0.05) is 17.8 Å². The van der Waals surface area contributed by atoms with Gasteiger partial charge in [0.2, 0.25) is 0 Å². The van der Waals surface area contributed by atoms with Crippen molar-refractivity contribution in [3.8, 4) is 0 Å². The molecule has 2 rings (SSSR count). The molecule has 0 spiro atoms. The fourth-order valence-electron chi connectivity index (χ4n) is 2.60. The van der Waals surface area contributed by atoms with Crippen LogP contribution in [0, 0.1) is 0 Å². The molecule has 17 heavy (non-hydrogen) atoms. The number of nitrogens with zero attached hydrogens (tertiary/aromatic N) is 1. The number of likely N-dealkylation sites (tertiary alicyclic amines) is 1. The molecule has 0 saturated carbocycles. The van der Waals surface area contributed by atoms with Crippen molar-refractivity contribution >= 4 is 23.1 Å². The van der Waals surface area contributed by atoms with Crippen molar-refractivity contribution in [2.45, 2.75) is 30.6 Å². The Kier molecular flexibility index (Phi) is 5.35. The van der Waals surface area contributed by atoms with Crippen LogP contribution in [0.2, 0.25) is 0 Å². The maximum Gasteiger partial charge on any atom is 0.0478 e. The van der Waals surface area contributed by atoms with Crippen molar-refractivity contribution in [3.63, 3.8) is 0 Å². The normalized spacial score (nSPS) is 24.5. The van der Waals surface area contributed by atoms with Gasteiger partial charge in [0.05, 0.1) is 0 Å². The summed E-state index contributed by atoms with van der Waals surface area (Å²) in [5.74, 6) is 0. The molecule has 1 aliphatic rings. The van der Waals surface area contributed by atoms with Crippen molar-refractivity contribution in [2.24, 2.45) is 5.73 Å². The van der Waals surface area contributed by atoms with Crippen molar-refractivity contribution in [2.75, 3.05) is 25.9 Å². The average Bonchev–Trinajstić information content (AvgIpc) is 2.76. The van der Waals surface area contributed by atoms with Gasteiger partial charge in [-0.2, -0.15) is 23.1 Å². The van der Waals surface area contributed by atoms with E-state index in [4.69, 9.17) is 5.73 Å². The Bertz CT molecular complexity index is 313. The minimum Gasteiger partial charge on any atom is -0.329 e. The Hall–Kier alpha value is -0.0300. The maximum atomic E-state index is 5.97. The van der Waals surface area contributed by atoms with Gasteiger partial charge in [-0.05, 0) is 61.0 Å². The highest BCUT2D eigenvalue weighted by Crippen LogP contribution is 2.27. The van der Waals surface area contributed by atoms with Gasteiger partial charge in [0.15, 0.2) is 0 Å². The quantitative estimate of drug-likeness (QED) is 0.912. The molecule has 1 aromatic heterocycles. The molecule has 2 heterocycles.